The number of amides is 1. The van der Waals surface area contributed by atoms with Crippen molar-refractivity contribution in [2.24, 2.45) is 7.05 Å². The molecule has 1 saturated heterocycles. The summed E-state index contributed by atoms with van der Waals surface area (Å²) in [7, 11) is 1.84. The molecule has 1 aliphatic rings. The van der Waals surface area contributed by atoms with E-state index in [2.05, 4.69) is 15.3 Å². The van der Waals surface area contributed by atoms with Crippen molar-refractivity contribution in [3.63, 3.8) is 0 Å². The summed E-state index contributed by atoms with van der Waals surface area (Å²) in [6.07, 6.45) is 5.45. The lowest BCUT2D eigenvalue weighted by molar-refractivity contribution is 0.103. The number of carbonyl (C=O) groups is 1. The Morgan fingerprint density at radius 3 is 2.80 bits per heavy atom. The lowest BCUT2D eigenvalue weighted by Crippen LogP contribution is -2.33. The van der Waals surface area contributed by atoms with Crippen molar-refractivity contribution >= 4 is 34.5 Å². The second-order valence-corrected chi connectivity index (χ2v) is 8.71. The zero-order valence-corrected chi connectivity index (χ0v) is 18.5. The zero-order valence-electron chi connectivity index (χ0n) is 16.9. The van der Waals surface area contributed by atoms with Crippen LogP contribution < -0.4 is 10.1 Å². The van der Waals surface area contributed by atoms with E-state index in [1.165, 1.54) is 30.6 Å². The Bertz CT molecular complexity index is 977. The number of hydrogen-bond acceptors (Lipinski definition) is 5. The minimum atomic E-state index is -0.134. The van der Waals surface area contributed by atoms with Crippen LogP contribution in [0.15, 0.2) is 41.9 Å². The zero-order chi connectivity index (χ0) is 20.9. The molecule has 1 aliphatic heterocycles. The van der Waals surface area contributed by atoms with Crippen LogP contribution >= 0.6 is 22.9 Å². The van der Waals surface area contributed by atoms with E-state index in [0.29, 0.717) is 22.2 Å². The minimum absolute atomic E-state index is 0.134. The lowest BCUT2D eigenvalue weighted by atomic mass is 10.1. The van der Waals surface area contributed by atoms with Crippen LogP contribution in [0, 0.1) is 0 Å². The number of likely N-dealkylation sites (tertiary alicyclic amines) is 1. The highest BCUT2D eigenvalue weighted by Crippen LogP contribution is 2.36. The van der Waals surface area contributed by atoms with Gasteiger partial charge in [-0.05, 0) is 55.6 Å². The second kappa shape index (κ2) is 9.64. The van der Waals surface area contributed by atoms with Gasteiger partial charge in [-0.3, -0.25) is 14.4 Å². The van der Waals surface area contributed by atoms with Gasteiger partial charge < -0.3 is 10.1 Å². The number of nitrogens with one attached hydrogen (secondary N) is 1. The molecule has 0 spiro atoms. The first kappa shape index (κ1) is 20.9. The van der Waals surface area contributed by atoms with Gasteiger partial charge in [-0.1, -0.05) is 24.1 Å². The lowest BCUT2D eigenvalue weighted by Gasteiger charge is -2.26. The van der Waals surface area contributed by atoms with Crippen LogP contribution in [0.1, 0.15) is 28.9 Å². The van der Waals surface area contributed by atoms with Crippen molar-refractivity contribution in [1.29, 1.82) is 0 Å². The normalized spacial score (nSPS) is 14.6. The van der Waals surface area contributed by atoms with Gasteiger partial charge in [0.1, 0.15) is 12.4 Å². The highest BCUT2D eigenvalue weighted by atomic mass is 35.5. The Labute approximate surface area is 185 Å². The van der Waals surface area contributed by atoms with Crippen molar-refractivity contribution in [2.45, 2.75) is 19.3 Å². The van der Waals surface area contributed by atoms with Crippen LogP contribution in [-0.2, 0) is 7.05 Å². The Morgan fingerprint density at radius 2 is 2.10 bits per heavy atom. The highest BCUT2D eigenvalue weighted by Gasteiger charge is 2.17. The summed E-state index contributed by atoms with van der Waals surface area (Å²) in [5, 5.41) is 9.64. The maximum atomic E-state index is 12.5. The van der Waals surface area contributed by atoms with Crippen molar-refractivity contribution < 1.29 is 9.53 Å². The van der Waals surface area contributed by atoms with Crippen LogP contribution in [0.5, 0.6) is 5.75 Å². The standard InChI is InChI=1S/C22H25ClN4O2S/c1-26-21(18(23)15-24-26)17-14-16(25-22(28)20-6-5-13-30-20)7-8-19(17)29-12-11-27-9-3-2-4-10-27/h5-8,13-15H,2-4,9-12H2,1H3,(H,25,28). The second-order valence-electron chi connectivity index (χ2n) is 7.36. The van der Waals surface area contributed by atoms with E-state index < -0.39 is 0 Å². The van der Waals surface area contributed by atoms with Crippen LogP contribution in [0.2, 0.25) is 5.02 Å². The summed E-state index contributed by atoms with van der Waals surface area (Å²) in [6, 6.07) is 9.30. The summed E-state index contributed by atoms with van der Waals surface area (Å²) in [6.45, 7) is 3.77. The number of halogens is 1. The minimum Gasteiger partial charge on any atom is -0.492 e. The number of ether oxygens (including phenoxy) is 1. The number of thiophene rings is 1. The number of hydrogen-bond donors (Lipinski definition) is 1. The molecule has 3 aromatic rings. The van der Waals surface area contributed by atoms with Crippen LogP contribution in [0.4, 0.5) is 5.69 Å². The Hall–Kier alpha value is -2.35. The van der Waals surface area contributed by atoms with E-state index in [4.69, 9.17) is 16.3 Å². The molecule has 1 amide bonds. The predicted octanol–water partition coefficient (Wildman–Crippen LogP) is 4.92. The highest BCUT2D eigenvalue weighted by molar-refractivity contribution is 7.12. The molecule has 3 heterocycles. The summed E-state index contributed by atoms with van der Waals surface area (Å²) >= 11 is 7.82. The quantitative estimate of drug-likeness (QED) is 0.562. The molecule has 0 aliphatic carbocycles. The summed E-state index contributed by atoms with van der Waals surface area (Å²) in [5.74, 6) is 0.595. The molecule has 2 aromatic heterocycles. The Morgan fingerprint density at radius 1 is 1.27 bits per heavy atom. The smallest absolute Gasteiger partial charge is 0.265 e. The van der Waals surface area contributed by atoms with E-state index in [0.717, 1.165) is 36.6 Å². The molecule has 1 N–H and O–H groups in total. The summed E-state index contributed by atoms with van der Waals surface area (Å²) < 4.78 is 7.88. The third kappa shape index (κ3) is 4.86. The van der Waals surface area contributed by atoms with Crippen molar-refractivity contribution in [1.82, 2.24) is 14.7 Å². The molecule has 30 heavy (non-hydrogen) atoms. The average molecular weight is 445 g/mol. The van der Waals surface area contributed by atoms with Crippen molar-refractivity contribution in [3.8, 4) is 17.0 Å². The van der Waals surface area contributed by atoms with Crippen LogP contribution in [-0.4, -0.2) is 46.8 Å². The number of aryl methyl sites for hydroxylation is 1. The molecule has 1 fully saturated rings. The van der Waals surface area contributed by atoms with E-state index in [1.54, 1.807) is 16.9 Å². The number of anilines is 1. The van der Waals surface area contributed by atoms with Crippen LogP contribution in [0.3, 0.4) is 0 Å². The molecule has 0 saturated carbocycles. The van der Waals surface area contributed by atoms with Gasteiger partial charge in [-0.2, -0.15) is 5.10 Å². The molecule has 1 aromatic carbocycles. The number of nitrogens with zero attached hydrogens (tertiary/aromatic N) is 3. The third-order valence-corrected chi connectivity index (χ3v) is 6.39. The van der Waals surface area contributed by atoms with Crippen LogP contribution in [0.25, 0.3) is 11.3 Å². The first-order chi connectivity index (χ1) is 14.6. The first-order valence-electron chi connectivity index (χ1n) is 10.1. The summed E-state index contributed by atoms with van der Waals surface area (Å²) in [5.41, 5.74) is 2.25. The topological polar surface area (TPSA) is 59.4 Å². The van der Waals surface area contributed by atoms with Crippen molar-refractivity contribution in [2.75, 3.05) is 31.6 Å². The molecule has 0 bridgehead atoms. The van der Waals surface area contributed by atoms with E-state index in [1.807, 2.05) is 36.7 Å². The van der Waals surface area contributed by atoms with Gasteiger partial charge in [0, 0.05) is 24.8 Å². The van der Waals surface area contributed by atoms with E-state index in [9.17, 15) is 4.79 Å². The molecular weight excluding hydrogens is 420 g/mol. The molecule has 4 rings (SSSR count). The monoisotopic (exact) mass is 444 g/mol. The van der Waals surface area contributed by atoms with E-state index >= 15 is 0 Å². The van der Waals surface area contributed by atoms with Gasteiger partial charge in [0.05, 0.1) is 21.8 Å². The van der Waals surface area contributed by atoms with Gasteiger partial charge >= 0.3 is 0 Å². The Kier molecular flexibility index (Phi) is 6.72. The molecular formula is C22H25ClN4O2S. The van der Waals surface area contributed by atoms with Gasteiger partial charge in [-0.15, -0.1) is 11.3 Å². The maximum absolute atomic E-state index is 12.5. The number of piperidine rings is 1. The third-order valence-electron chi connectivity index (χ3n) is 5.25. The fourth-order valence-corrected chi connectivity index (χ4v) is 4.59. The molecule has 0 atom stereocenters. The number of aromatic nitrogens is 2. The first-order valence-corrected chi connectivity index (χ1v) is 11.4. The number of benzene rings is 1. The molecule has 6 nitrogen and oxygen atoms in total. The maximum Gasteiger partial charge on any atom is 0.265 e. The molecule has 158 valence electrons. The van der Waals surface area contributed by atoms with Gasteiger partial charge in [-0.25, -0.2) is 0 Å². The number of carbonyl (C=O) groups excluding carboxylic acids is 1. The fourth-order valence-electron chi connectivity index (χ4n) is 3.70. The largest absolute Gasteiger partial charge is 0.492 e. The van der Waals surface area contributed by atoms with E-state index in [-0.39, 0.29) is 5.91 Å². The SMILES string of the molecule is Cn1ncc(Cl)c1-c1cc(NC(=O)c2cccs2)ccc1OCCN1CCCCC1. The van der Waals surface area contributed by atoms with Crippen molar-refractivity contribution in [3.05, 3.63) is 51.8 Å². The molecule has 0 unspecified atom stereocenters. The van der Waals surface area contributed by atoms with Gasteiger partial charge in [0.25, 0.3) is 5.91 Å². The molecule has 8 heteroatoms. The predicted molar refractivity (Wildman–Crippen MR) is 122 cm³/mol. The number of rotatable bonds is 7. The average Bonchev–Trinajstić information content (AvgIpc) is 3.40. The van der Waals surface area contributed by atoms with Gasteiger partial charge in [0.2, 0.25) is 0 Å². The van der Waals surface area contributed by atoms with Gasteiger partial charge in [0.15, 0.2) is 0 Å². The summed E-state index contributed by atoms with van der Waals surface area (Å²) in [4.78, 5) is 15.6. The Balaban J connectivity index is 1.55. The fraction of sp³-hybridized carbons (Fsp3) is 0.364. The molecule has 0 radical (unpaired) electrons.